The van der Waals surface area contributed by atoms with Crippen molar-refractivity contribution in [2.45, 2.75) is 44.8 Å². The number of nitrogens with one attached hydrogen (secondary N) is 1. The Kier molecular flexibility index (Phi) is 4.61. The van der Waals surface area contributed by atoms with E-state index < -0.39 is 23.1 Å². The highest BCUT2D eigenvalue weighted by Crippen LogP contribution is 2.46. The molecular weight excluding hydrogens is 353 g/mol. The molecule has 1 amide bonds. The number of benzene rings is 1. The standard InChI is InChI=1S/C16H19BrFNO3/c1-15(2,3)22-14(21)19-16(9-20,10-4-5-10)12-8-11(17)6-7-13(12)18/h6-10H,4-5H2,1-3H3,(H,19,21)/t16-/m1/s1. The number of halogens is 2. The fourth-order valence-electron chi connectivity index (χ4n) is 2.40. The number of ether oxygens (including phenoxy) is 1. The molecule has 0 aromatic heterocycles. The normalized spacial score (nSPS) is 17.5. The molecule has 0 spiro atoms. The molecule has 0 bridgehead atoms. The topological polar surface area (TPSA) is 55.4 Å². The zero-order valence-corrected chi connectivity index (χ0v) is 14.4. The van der Waals surface area contributed by atoms with Crippen molar-refractivity contribution < 1.29 is 18.7 Å². The molecule has 1 fully saturated rings. The lowest BCUT2D eigenvalue weighted by atomic mass is 9.86. The fourth-order valence-corrected chi connectivity index (χ4v) is 2.77. The minimum absolute atomic E-state index is 0.124. The summed E-state index contributed by atoms with van der Waals surface area (Å²) in [5.41, 5.74) is -1.93. The average molecular weight is 372 g/mol. The monoisotopic (exact) mass is 371 g/mol. The predicted molar refractivity (Wildman–Crippen MR) is 83.9 cm³/mol. The lowest BCUT2D eigenvalue weighted by Crippen LogP contribution is -2.51. The first-order valence-electron chi connectivity index (χ1n) is 7.11. The third-order valence-electron chi connectivity index (χ3n) is 3.49. The molecule has 0 saturated heterocycles. The summed E-state index contributed by atoms with van der Waals surface area (Å²) in [6.07, 6.45) is 1.38. The SMILES string of the molecule is CC(C)(C)OC(=O)N[C@@](C=O)(c1cc(Br)ccc1F)C1CC1. The van der Waals surface area contributed by atoms with Crippen molar-refractivity contribution in [3.63, 3.8) is 0 Å². The first-order chi connectivity index (χ1) is 10.2. The van der Waals surface area contributed by atoms with E-state index in [1.54, 1.807) is 26.8 Å². The third-order valence-corrected chi connectivity index (χ3v) is 3.98. The molecule has 1 saturated carbocycles. The summed E-state index contributed by atoms with van der Waals surface area (Å²) in [5.74, 6) is -0.653. The van der Waals surface area contributed by atoms with Crippen molar-refractivity contribution in [2.75, 3.05) is 0 Å². The summed E-state index contributed by atoms with van der Waals surface area (Å²) >= 11 is 3.28. The number of alkyl carbamates (subject to hydrolysis) is 1. The van der Waals surface area contributed by atoms with Crippen LogP contribution in [-0.2, 0) is 15.1 Å². The maximum atomic E-state index is 14.3. The van der Waals surface area contributed by atoms with Crippen molar-refractivity contribution in [1.29, 1.82) is 0 Å². The molecule has 22 heavy (non-hydrogen) atoms. The summed E-state index contributed by atoms with van der Waals surface area (Å²) in [6.45, 7) is 5.18. The van der Waals surface area contributed by atoms with Crippen molar-refractivity contribution in [3.05, 3.63) is 34.1 Å². The molecule has 2 rings (SSSR count). The Labute approximate surface area is 137 Å². The maximum Gasteiger partial charge on any atom is 0.408 e. The van der Waals surface area contributed by atoms with E-state index in [0.717, 1.165) is 12.8 Å². The number of aldehydes is 1. The molecule has 0 unspecified atom stereocenters. The van der Waals surface area contributed by atoms with Gasteiger partial charge in [0.05, 0.1) is 0 Å². The molecule has 120 valence electrons. The zero-order valence-electron chi connectivity index (χ0n) is 12.8. The molecule has 1 aromatic carbocycles. The predicted octanol–water partition coefficient (Wildman–Crippen LogP) is 3.92. The van der Waals surface area contributed by atoms with Crippen LogP contribution >= 0.6 is 15.9 Å². The minimum atomic E-state index is -1.39. The summed E-state index contributed by atoms with van der Waals surface area (Å²) in [7, 11) is 0. The van der Waals surface area contributed by atoms with E-state index >= 15 is 0 Å². The van der Waals surface area contributed by atoms with Crippen molar-refractivity contribution >= 4 is 28.3 Å². The smallest absolute Gasteiger partial charge is 0.408 e. The number of amides is 1. The van der Waals surface area contributed by atoms with Gasteiger partial charge in [0.25, 0.3) is 0 Å². The number of hydrogen-bond donors (Lipinski definition) is 1. The summed E-state index contributed by atoms with van der Waals surface area (Å²) in [4.78, 5) is 23.9. The molecule has 1 aliphatic rings. The molecular formula is C16H19BrFNO3. The van der Waals surface area contributed by atoms with E-state index in [1.165, 1.54) is 12.1 Å². The van der Waals surface area contributed by atoms with E-state index in [1.807, 2.05) is 0 Å². The Morgan fingerprint density at radius 2 is 2.05 bits per heavy atom. The zero-order chi connectivity index (χ0) is 16.5. The van der Waals surface area contributed by atoms with Gasteiger partial charge in [-0.3, -0.25) is 0 Å². The highest BCUT2D eigenvalue weighted by Gasteiger charge is 2.50. The van der Waals surface area contributed by atoms with Crippen LogP contribution in [-0.4, -0.2) is 18.0 Å². The van der Waals surface area contributed by atoms with Gasteiger partial charge in [-0.15, -0.1) is 0 Å². The van der Waals surface area contributed by atoms with Crippen LogP contribution in [0, 0.1) is 11.7 Å². The Balaban J connectivity index is 2.38. The molecule has 6 heteroatoms. The van der Waals surface area contributed by atoms with Crippen LogP contribution in [0.2, 0.25) is 0 Å². The Hall–Kier alpha value is -1.43. The second kappa shape index (κ2) is 5.99. The number of hydrogen-bond acceptors (Lipinski definition) is 3. The molecule has 1 aromatic rings. The van der Waals surface area contributed by atoms with E-state index in [4.69, 9.17) is 4.74 Å². The Morgan fingerprint density at radius 3 is 2.55 bits per heavy atom. The quantitative estimate of drug-likeness (QED) is 0.816. The van der Waals surface area contributed by atoms with Crippen LogP contribution in [0.5, 0.6) is 0 Å². The third kappa shape index (κ3) is 3.66. The van der Waals surface area contributed by atoms with Crippen LogP contribution in [0.3, 0.4) is 0 Å². The largest absolute Gasteiger partial charge is 0.444 e. The van der Waals surface area contributed by atoms with Gasteiger partial charge in [0, 0.05) is 10.0 Å². The molecule has 4 nitrogen and oxygen atoms in total. The highest BCUT2D eigenvalue weighted by molar-refractivity contribution is 9.10. The van der Waals surface area contributed by atoms with Gasteiger partial charge < -0.3 is 14.8 Å². The van der Waals surface area contributed by atoms with Gasteiger partial charge in [-0.25, -0.2) is 9.18 Å². The van der Waals surface area contributed by atoms with Crippen LogP contribution < -0.4 is 5.32 Å². The van der Waals surface area contributed by atoms with Crippen LogP contribution in [0.4, 0.5) is 9.18 Å². The van der Waals surface area contributed by atoms with Crippen LogP contribution in [0.25, 0.3) is 0 Å². The van der Waals surface area contributed by atoms with Crippen molar-refractivity contribution in [3.8, 4) is 0 Å². The Bertz CT molecular complexity index is 596. The van der Waals surface area contributed by atoms with E-state index in [0.29, 0.717) is 10.8 Å². The van der Waals surface area contributed by atoms with Gasteiger partial charge in [0.2, 0.25) is 0 Å². The maximum absolute atomic E-state index is 14.3. The summed E-state index contributed by atoms with van der Waals surface area (Å²) in [6, 6.07) is 4.35. The van der Waals surface area contributed by atoms with E-state index in [2.05, 4.69) is 21.2 Å². The summed E-state index contributed by atoms with van der Waals surface area (Å²) < 4.78 is 20.1. The van der Waals surface area contributed by atoms with Gasteiger partial charge in [-0.2, -0.15) is 0 Å². The van der Waals surface area contributed by atoms with Gasteiger partial charge in [0.15, 0.2) is 6.29 Å². The second-order valence-corrected chi connectivity index (χ2v) is 7.43. The molecule has 0 heterocycles. The van der Waals surface area contributed by atoms with Gasteiger partial charge in [0.1, 0.15) is 17.0 Å². The first kappa shape index (κ1) is 16.9. The van der Waals surface area contributed by atoms with E-state index in [9.17, 15) is 14.0 Å². The number of carbonyl (C=O) groups excluding carboxylic acids is 2. The lowest BCUT2D eigenvalue weighted by Gasteiger charge is -2.31. The minimum Gasteiger partial charge on any atom is -0.444 e. The molecule has 0 aliphatic heterocycles. The molecule has 1 N–H and O–H groups in total. The van der Waals surface area contributed by atoms with Crippen molar-refractivity contribution in [2.24, 2.45) is 5.92 Å². The van der Waals surface area contributed by atoms with Crippen LogP contribution in [0.1, 0.15) is 39.2 Å². The number of rotatable bonds is 4. The first-order valence-corrected chi connectivity index (χ1v) is 7.90. The van der Waals surface area contributed by atoms with Crippen molar-refractivity contribution in [1.82, 2.24) is 5.32 Å². The fraction of sp³-hybridized carbons (Fsp3) is 0.500. The van der Waals surface area contributed by atoms with Gasteiger partial charge >= 0.3 is 6.09 Å². The summed E-state index contributed by atoms with van der Waals surface area (Å²) in [5, 5.41) is 2.59. The molecule has 1 atom stereocenters. The lowest BCUT2D eigenvalue weighted by molar-refractivity contribution is -0.114. The second-order valence-electron chi connectivity index (χ2n) is 6.51. The number of carbonyl (C=O) groups is 2. The highest BCUT2D eigenvalue weighted by atomic mass is 79.9. The molecule has 1 aliphatic carbocycles. The van der Waals surface area contributed by atoms with Gasteiger partial charge in [-0.1, -0.05) is 15.9 Å². The Morgan fingerprint density at radius 1 is 1.41 bits per heavy atom. The van der Waals surface area contributed by atoms with E-state index in [-0.39, 0.29) is 11.5 Å². The van der Waals surface area contributed by atoms with Crippen LogP contribution in [0.15, 0.2) is 22.7 Å². The van der Waals surface area contributed by atoms with Gasteiger partial charge in [-0.05, 0) is 57.7 Å². The average Bonchev–Trinajstić information content (AvgIpc) is 3.21. The molecule has 0 radical (unpaired) electrons.